The first-order chi connectivity index (χ1) is 5.29. The van der Waals surface area contributed by atoms with E-state index in [2.05, 4.69) is 15.9 Å². The van der Waals surface area contributed by atoms with Crippen molar-refractivity contribution in [1.29, 1.82) is 0 Å². The van der Waals surface area contributed by atoms with Crippen molar-refractivity contribution < 1.29 is 4.73 Å². The fourth-order valence-electron chi connectivity index (χ4n) is 1.53. The van der Waals surface area contributed by atoms with Crippen molar-refractivity contribution in [3.63, 3.8) is 0 Å². The van der Waals surface area contributed by atoms with Crippen LogP contribution in [-0.4, -0.2) is 0 Å². The highest BCUT2D eigenvalue weighted by Crippen LogP contribution is 2.19. The summed E-state index contributed by atoms with van der Waals surface area (Å²) in [5.41, 5.74) is 2.16. The van der Waals surface area contributed by atoms with Crippen LogP contribution in [-0.2, 0) is 12.8 Å². The van der Waals surface area contributed by atoms with Gasteiger partial charge >= 0.3 is 0 Å². The molecular weight excluding hydrogens is 206 g/mol. The molecule has 0 amide bonds. The summed E-state index contributed by atoms with van der Waals surface area (Å²) >= 11 is 3.20. The Labute approximate surface area is 73.6 Å². The van der Waals surface area contributed by atoms with Crippen LogP contribution in [0, 0.1) is 5.21 Å². The molecule has 2 rings (SSSR count). The van der Waals surface area contributed by atoms with Crippen molar-refractivity contribution in [2.45, 2.75) is 19.3 Å². The predicted octanol–water partition coefficient (Wildman–Crippen LogP) is 1.57. The number of nitrogens with zero attached hydrogens (tertiary/aromatic N) is 1. The van der Waals surface area contributed by atoms with E-state index in [-0.39, 0.29) is 0 Å². The van der Waals surface area contributed by atoms with Crippen LogP contribution in [0.2, 0.25) is 0 Å². The van der Waals surface area contributed by atoms with E-state index < -0.39 is 0 Å². The van der Waals surface area contributed by atoms with Crippen LogP contribution in [0.25, 0.3) is 0 Å². The number of fused-ring (bicyclic) bond motifs is 1. The Bertz CT molecular complexity index is 298. The monoisotopic (exact) mass is 213 g/mol. The molecule has 1 aliphatic carbocycles. The molecule has 0 aromatic carbocycles. The van der Waals surface area contributed by atoms with Gasteiger partial charge in [0.2, 0.25) is 0 Å². The van der Waals surface area contributed by atoms with Crippen LogP contribution < -0.4 is 4.73 Å². The zero-order valence-corrected chi connectivity index (χ0v) is 7.60. The Morgan fingerprint density at radius 3 is 3.00 bits per heavy atom. The Kier molecular flexibility index (Phi) is 1.60. The third-order valence-corrected chi connectivity index (χ3v) is 2.68. The van der Waals surface area contributed by atoms with Crippen LogP contribution in [0.3, 0.4) is 0 Å². The topological polar surface area (TPSA) is 26.9 Å². The first-order valence-corrected chi connectivity index (χ1v) is 4.48. The van der Waals surface area contributed by atoms with Crippen LogP contribution in [0.15, 0.2) is 16.7 Å². The van der Waals surface area contributed by atoms with E-state index in [1.807, 2.05) is 12.1 Å². The third-order valence-electron chi connectivity index (χ3n) is 2.09. The fourth-order valence-corrected chi connectivity index (χ4v) is 1.87. The van der Waals surface area contributed by atoms with Gasteiger partial charge in [-0.25, -0.2) is 0 Å². The van der Waals surface area contributed by atoms with Gasteiger partial charge in [0.15, 0.2) is 5.69 Å². The van der Waals surface area contributed by atoms with Gasteiger partial charge in [0.1, 0.15) is 0 Å². The van der Waals surface area contributed by atoms with Gasteiger partial charge in [-0.2, -0.15) is 4.73 Å². The Hall–Kier alpha value is -0.570. The summed E-state index contributed by atoms with van der Waals surface area (Å²) in [5, 5.41) is 11.3. The summed E-state index contributed by atoms with van der Waals surface area (Å²) in [6.45, 7) is 0. The SMILES string of the molecule is [O-][n+]1c(Br)ccc2c1CCC2. The van der Waals surface area contributed by atoms with Crippen LogP contribution in [0.5, 0.6) is 0 Å². The number of hydrogen-bond donors (Lipinski definition) is 0. The molecule has 0 aliphatic heterocycles. The second-order valence-electron chi connectivity index (χ2n) is 2.78. The van der Waals surface area contributed by atoms with E-state index in [1.165, 1.54) is 5.56 Å². The molecule has 0 N–H and O–H groups in total. The normalized spacial score (nSPS) is 15.0. The molecule has 1 aliphatic rings. The molecule has 58 valence electrons. The predicted molar refractivity (Wildman–Crippen MR) is 45.1 cm³/mol. The van der Waals surface area contributed by atoms with Crippen LogP contribution >= 0.6 is 15.9 Å². The second-order valence-corrected chi connectivity index (χ2v) is 3.59. The van der Waals surface area contributed by atoms with E-state index >= 15 is 0 Å². The number of rotatable bonds is 0. The lowest BCUT2D eigenvalue weighted by Gasteiger charge is -2.03. The van der Waals surface area contributed by atoms with E-state index in [9.17, 15) is 5.21 Å². The van der Waals surface area contributed by atoms with Crippen molar-refractivity contribution >= 4 is 15.9 Å². The average molecular weight is 214 g/mol. The molecule has 0 unspecified atom stereocenters. The van der Waals surface area contributed by atoms with Gasteiger partial charge in [-0.05, 0) is 18.9 Å². The smallest absolute Gasteiger partial charge is 0.259 e. The Morgan fingerprint density at radius 2 is 2.18 bits per heavy atom. The highest BCUT2D eigenvalue weighted by atomic mass is 79.9. The summed E-state index contributed by atoms with van der Waals surface area (Å²) in [4.78, 5) is 0. The number of aryl methyl sites for hydroxylation is 1. The van der Waals surface area contributed by atoms with E-state index in [0.717, 1.165) is 29.7 Å². The minimum atomic E-state index is 0.623. The Balaban J connectivity index is 2.62. The maximum Gasteiger partial charge on any atom is 0.259 e. The lowest BCUT2D eigenvalue weighted by atomic mass is 10.2. The second kappa shape index (κ2) is 2.48. The van der Waals surface area contributed by atoms with Gasteiger partial charge in [0, 0.05) is 34.0 Å². The molecule has 0 saturated carbocycles. The van der Waals surface area contributed by atoms with E-state index in [4.69, 9.17) is 0 Å². The lowest BCUT2D eigenvalue weighted by Crippen LogP contribution is -2.33. The van der Waals surface area contributed by atoms with E-state index in [1.54, 1.807) is 0 Å². The van der Waals surface area contributed by atoms with Crippen molar-refractivity contribution in [3.05, 3.63) is 33.2 Å². The van der Waals surface area contributed by atoms with Crippen molar-refractivity contribution in [2.24, 2.45) is 0 Å². The number of hydrogen-bond acceptors (Lipinski definition) is 1. The van der Waals surface area contributed by atoms with Gasteiger partial charge in [-0.1, -0.05) is 0 Å². The van der Waals surface area contributed by atoms with Crippen molar-refractivity contribution in [2.75, 3.05) is 0 Å². The number of pyridine rings is 1. The molecular formula is C8H8BrNO. The van der Waals surface area contributed by atoms with Gasteiger partial charge < -0.3 is 5.21 Å². The lowest BCUT2D eigenvalue weighted by molar-refractivity contribution is -0.625. The Morgan fingerprint density at radius 1 is 1.36 bits per heavy atom. The molecule has 1 heterocycles. The largest absolute Gasteiger partial charge is 0.618 e. The quantitative estimate of drug-likeness (QED) is 0.366. The van der Waals surface area contributed by atoms with Gasteiger partial charge in [-0.15, -0.1) is 0 Å². The first-order valence-electron chi connectivity index (χ1n) is 3.69. The summed E-state index contributed by atoms with van der Waals surface area (Å²) in [6, 6.07) is 3.85. The maximum atomic E-state index is 11.3. The zero-order chi connectivity index (χ0) is 7.84. The molecule has 0 bridgehead atoms. The molecule has 2 nitrogen and oxygen atoms in total. The van der Waals surface area contributed by atoms with Gasteiger partial charge in [-0.3, -0.25) is 0 Å². The highest BCUT2D eigenvalue weighted by molar-refractivity contribution is 9.10. The van der Waals surface area contributed by atoms with E-state index in [0.29, 0.717) is 4.60 Å². The maximum absolute atomic E-state index is 11.3. The molecule has 3 heteroatoms. The van der Waals surface area contributed by atoms with Gasteiger partial charge in [0.25, 0.3) is 4.60 Å². The molecule has 1 aromatic rings. The number of halogens is 1. The number of aromatic nitrogens is 1. The summed E-state index contributed by atoms with van der Waals surface area (Å²) in [7, 11) is 0. The molecule has 1 aromatic heterocycles. The highest BCUT2D eigenvalue weighted by Gasteiger charge is 2.20. The minimum absolute atomic E-state index is 0.623. The zero-order valence-electron chi connectivity index (χ0n) is 6.01. The molecule has 0 radical (unpaired) electrons. The summed E-state index contributed by atoms with van der Waals surface area (Å²) in [5.74, 6) is 0. The standard InChI is InChI=1S/C8H8BrNO/c9-8-5-4-6-2-1-3-7(6)10(8)11/h4-5H,1-3H2. The summed E-state index contributed by atoms with van der Waals surface area (Å²) < 4.78 is 1.61. The minimum Gasteiger partial charge on any atom is -0.618 e. The molecule has 0 atom stereocenters. The molecule has 11 heavy (non-hydrogen) atoms. The average Bonchev–Trinajstić information content (AvgIpc) is 2.45. The fraction of sp³-hybridized carbons (Fsp3) is 0.375. The van der Waals surface area contributed by atoms with Crippen molar-refractivity contribution in [3.8, 4) is 0 Å². The first kappa shape index (κ1) is 7.10. The van der Waals surface area contributed by atoms with Gasteiger partial charge in [0.05, 0.1) is 0 Å². The third kappa shape index (κ3) is 1.03. The van der Waals surface area contributed by atoms with Crippen LogP contribution in [0.1, 0.15) is 17.7 Å². The molecule has 0 spiro atoms. The van der Waals surface area contributed by atoms with Crippen LogP contribution in [0.4, 0.5) is 0 Å². The summed E-state index contributed by atoms with van der Waals surface area (Å²) in [6.07, 6.45) is 3.11. The van der Waals surface area contributed by atoms with Crippen molar-refractivity contribution in [1.82, 2.24) is 0 Å². The molecule has 0 fully saturated rings. The molecule has 0 saturated heterocycles.